The monoisotopic (exact) mass is 804 g/mol. The molecule has 0 bridgehead atoms. The molecule has 18 heteroatoms. The fourth-order valence-electron chi connectivity index (χ4n) is 5.33. The minimum Gasteiger partial charge on any atom is -0.492 e. The lowest BCUT2D eigenvalue weighted by molar-refractivity contribution is -0.130. The van der Waals surface area contributed by atoms with Crippen molar-refractivity contribution < 1.29 is 57.4 Å². The van der Waals surface area contributed by atoms with Crippen LogP contribution in [0.1, 0.15) is 47.9 Å². The van der Waals surface area contributed by atoms with Crippen LogP contribution in [-0.2, 0) is 38.3 Å². The zero-order valence-electron chi connectivity index (χ0n) is 32.7. The van der Waals surface area contributed by atoms with Crippen LogP contribution < -0.4 is 20.8 Å². The fourth-order valence-corrected chi connectivity index (χ4v) is 5.33. The van der Waals surface area contributed by atoms with Gasteiger partial charge in [-0.3, -0.25) is 49.3 Å². The van der Waals surface area contributed by atoms with E-state index in [2.05, 4.69) is 17.2 Å². The van der Waals surface area contributed by atoms with Gasteiger partial charge in [0, 0.05) is 42.0 Å². The lowest BCUT2D eigenvalue weighted by Gasteiger charge is -2.32. The van der Waals surface area contributed by atoms with Crippen molar-refractivity contribution in [2.24, 2.45) is 0 Å². The molecule has 2 unspecified atom stereocenters. The van der Waals surface area contributed by atoms with E-state index < -0.39 is 43.5 Å². The normalized spacial score (nSPS) is 11.8. The SMILES string of the molecule is C=COCC(=O)N(OCC=O)c1cccc(NC(=O)OC(C)CN(CC(C)OC(=O)Nc2cccc(C=O)c2)CN(C)CON(C(=O)CC)c2cccc(C=O)c2)c1. The topological polar surface area (TPSA) is 203 Å². The molecule has 18 nitrogen and oxygen atoms in total. The average Bonchev–Trinajstić information content (AvgIpc) is 3.20. The Morgan fingerprint density at radius 2 is 1.28 bits per heavy atom. The van der Waals surface area contributed by atoms with Crippen LogP contribution >= 0.6 is 0 Å². The zero-order valence-corrected chi connectivity index (χ0v) is 32.7. The molecule has 3 aromatic carbocycles. The Labute approximate surface area is 336 Å². The van der Waals surface area contributed by atoms with Crippen LogP contribution in [0.4, 0.5) is 32.3 Å². The second-order valence-electron chi connectivity index (χ2n) is 12.6. The first-order valence-electron chi connectivity index (χ1n) is 18.0. The second-order valence-corrected chi connectivity index (χ2v) is 12.6. The molecule has 0 aliphatic heterocycles. The summed E-state index contributed by atoms with van der Waals surface area (Å²) in [4.78, 5) is 99.5. The number of hydrogen-bond donors (Lipinski definition) is 2. The largest absolute Gasteiger partial charge is 0.492 e. The Morgan fingerprint density at radius 3 is 1.84 bits per heavy atom. The molecule has 0 saturated carbocycles. The van der Waals surface area contributed by atoms with Crippen molar-refractivity contribution in [3.8, 4) is 0 Å². The van der Waals surface area contributed by atoms with Crippen LogP contribution in [0.15, 0.2) is 85.6 Å². The van der Waals surface area contributed by atoms with Crippen LogP contribution in [-0.4, -0.2) is 112 Å². The highest BCUT2D eigenvalue weighted by Gasteiger charge is 2.23. The molecule has 0 aromatic heterocycles. The lowest BCUT2D eigenvalue weighted by atomic mass is 10.2. The number of amides is 4. The highest BCUT2D eigenvalue weighted by Crippen LogP contribution is 2.21. The van der Waals surface area contributed by atoms with Crippen molar-refractivity contribution in [1.29, 1.82) is 0 Å². The minimum atomic E-state index is -0.824. The van der Waals surface area contributed by atoms with Crippen LogP contribution in [0.5, 0.6) is 0 Å². The number of aldehydes is 3. The number of hydrogen-bond acceptors (Lipinski definition) is 14. The summed E-state index contributed by atoms with van der Waals surface area (Å²) in [5.41, 5.74) is 1.93. The van der Waals surface area contributed by atoms with Crippen LogP contribution in [0.25, 0.3) is 0 Å². The number of anilines is 4. The number of carbonyl (C=O) groups excluding carboxylic acids is 7. The third-order valence-corrected chi connectivity index (χ3v) is 7.68. The smallest absolute Gasteiger partial charge is 0.411 e. The highest BCUT2D eigenvalue weighted by atomic mass is 16.7. The molecule has 58 heavy (non-hydrogen) atoms. The van der Waals surface area contributed by atoms with E-state index >= 15 is 0 Å². The molecule has 0 saturated heterocycles. The van der Waals surface area contributed by atoms with Gasteiger partial charge in [0.15, 0.2) is 6.61 Å². The lowest BCUT2D eigenvalue weighted by Crippen LogP contribution is -2.46. The predicted molar refractivity (Wildman–Crippen MR) is 213 cm³/mol. The zero-order chi connectivity index (χ0) is 42.5. The summed E-state index contributed by atoms with van der Waals surface area (Å²) >= 11 is 0. The summed E-state index contributed by atoms with van der Waals surface area (Å²) in [7, 11) is 1.73. The van der Waals surface area contributed by atoms with Crippen molar-refractivity contribution in [1.82, 2.24) is 9.80 Å². The van der Waals surface area contributed by atoms with Crippen molar-refractivity contribution in [3.63, 3.8) is 0 Å². The second kappa shape index (κ2) is 24.2. The predicted octanol–water partition coefficient (Wildman–Crippen LogP) is 5.03. The molecule has 310 valence electrons. The van der Waals surface area contributed by atoms with Gasteiger partial charge >= 0.3 is 12.2 Å². The summed E-state index contributed by atoms with van der Waals surface area (Å²) in [6.45, 7) is 7.97. The van der Waals surface area contributed by atoms with Crippen LogP contribution in [0.2, 0.25) is 0 Å². The van der Waals surface area contributed by atoms with E-state index in [0.717, 1.165) is 16.4 Å². The molecule has 0 aliphatic rings. The molecule has 0 spiro atoms. The number of benzene rings is 3. The van der Waals surface area contributed by atoms with Gasteiger partial charge in [-0.15, -0.1) is 0 Å². The van der Waals surface area contributed by atoms with Gasteiger partial charge in [0.05, 0.1) is 24.3 Å². The first-order valence-corrected chi connectivity index (χ1v) is 18.0. The summed E-state index contributed by atoms with van der Waals surface area (Å²) in [6.07, 6.45) is 0.00103. The Morgan fingerprint density at radius 1 is 0.741 bits per heavy atom. The molecule has 2 atom stereocenters. The molecule has 3 rings (SSSR count). The average molecular weight is 805 g/mol. The van der Waals surface area contributed by atoms with Gasteiger partial charge in [-0.1, -0.05) is 43.8 Å². The van der Waals surface area contributed by atoms with Crippen molar-refractivity contribution in [3.05, 3.63) is 96.8 Å². The van der Waals surface area contributed by atoms with Gasteiger partial charge in [0.25, 0.3) is 11.8 Å². The fraction of sp³-hybridized carbons (Fsp3) is 0.325. The molecule has 3 aromatic rings. The maximum Gasteiger partial charge on any atom is 0.411 e. The van der Waals surface area contributed by atoms with E-state index in [1.54, 1.807) is 81.2 Å². The number of nitrogens with one attached hydrogen (secondary N) is 2. The van der Waals surface area contributed by atoms with Crippen LogP contribution in [0, 0.1) is 0 Å². The Kier molecular flexibility index (Phi) is 19.2. The van der Waals surface area contributed by atoms with E-state index in [1.807, 2.05) is 4.90 Å². The summed E-state index contributed by atoms with van der Waals surface area (Å²) < 4.78 is 16.2. The molecular weight excluding hydrogens is 756 g/mol. The number of carbonyl (C=O) groups is 7. The molecule has 0 radical (unpaired) electrons. The van der Waals surface area contributed by atoms with E-state index in [-0.39, 0.29) is 50.2 Å². The quantitative estimate of drug-likeness (QED) is 0.0528. The van der Waals surface area contributed by atoms with E-state index in [4.69, 9.17) is 23.9 Å². The Hall–Kier alpha value is -6.47. The maximum atomic E-state index is 13.1. The molecule has 4 amide bonds. The first-order chi connectivity index (χ1) is 27.9. The summed E-state index contributed by atoms with van der Waals surface area (Å²) in [5.74, 6) is -0.974. The third-order valence-electron chi connectivity index (χ3n) is 7.68. The van der Waals surface area contributed by atoms with E-state index in [1.165, 1.54) is 24.3 Å². The van der Waals surface area contributed by atoms with Crippen molar-refractivity contribution >= 4 is 65.6 Å². The van der Waals surface area contributed by atoms with E-state index in [9.17, 15) is 33.6 Å². The minimum absolute atomic E-state index is 0.0851. The molecular formula is C40H48N6O12. The number of hydroxylamine groups is 2. The van der Waals surface area contributed by atoms with Gasteiger partial charge in [0.2, 0.25) is 0 Å². The number of rotatable bonds is 24. The van der Waals surface area contributed by atoms with Gasteiger partial charge in [-0.05, 0) is 63.4 Å². The van der Waals surface area contributed by atoms with Gasteiger partial charge < -0.3 is 19.0 Å². The molecule has 2 N–H and O–H groups in total. The first kappa shape index (κ1) is 45.9. The number of ether oxygens (including phenoxy) is 3. The van der Waals surface area contributed by atoms with Gasteiger partial charge in [-0.25, -0.2) is 9.59 Å². The third kappa shape index (κ3) is 15.6. The molecule has 0 fully saturated rings. The standard InChI is InChI=1S/C40H48N6O12/c1-6-37(50)45(35-15-9-12-32(20-35)25-49)56-28-43(5)27-44(22-29(3)57-39(52)41-33-13-8-11-31(19-33)24-48)23-30(4)58-40(53)42-34-14-10-16-36(21-34)46(55-18-17-47)38(51)26-54-7-2/h7-17,19-21,24-25,29-30H,2,6,18,22-23,26-28H2,1,3-5H3,(H,41,52)(H,42,53). The Balaban J connectivity index is 1.72. The van der Waals surface area contributed by atoms with Gasteiger partial charge in [-0.2, -0.15) is 10.1 Å². The molecule has 0 heterocycles. The maximum absolute atomic E-state index is 13.1. The van der Waals surface area contributed by atoms with Crippen LogP contribution in [0.3, 0.4) is 0 Å². The summed E-state index contributed by atoms with van der Waals surface area (Å²) in [5, 5.41) is 7.19. The van der Waals surface area contributed by atoms with E-state index in [0.29, 0.717) is 41.4 Å². The van der Waals surface area contributed by atoms with Gasteiger partial charge in [0.1, 0.15) is 44.4 Å². The molecule has 0 aliphatic carbocycles. The Bertz CT molecular complexity index is 1880. The van der Waals surface area contributed by atoms with Crippen molar-refractivity contribution in [2.75, 3.05) is 67.5 Å². The summed E-state index contributed by atoms with van der Waals surface area (Å²) in [6, 6.07) is 18.8. The van der Waals surface area contributed by atoms with Crippen molar-refractivity contribution in [2.45, 2.75) is 39.4 Å². The number of nitrogens with zero attached hydrogens (tertiary/aromatic N) is 4. The highest BCUT2D eigenvalue weighted by molar-refractivity contribution is 5.94.